The van der Waals surface area contributed by atoms with E-state index in [2.05, 4.69) is 22.5 Å². The molecule has 0 rings (SSSR count). The van der Waals surface area contributed by atoms with Crippen LogP contribution >= 0.6 is 0 Å². The van der Waals surface area contributed by atoms with E-state index in [1.165, 1.54) is 0 Å². The predicted molar refractivity (Wildman–Crippen MR) is 53.6 cm³/mol. The number of carbonyl (C=O) groups excluding carboxylic acids is 1. The molecule has 0 unspecified atom stereocenters. The van der Waals surface area contributed by atoms with Gasteiger partial charge in [-0.05, 0) is 13.3 Å². The number of hydrogen-bond acceptors (Lipinski definition) is 2. The van der Waals surface area contributed by atoms with E-state index in [0.29, 0.717) is 13.1 Å². The molecule has 0 aromatic heterocycles. The summed E-state index contributed by atoms with van der Waals surface area (Å²) in [6.07, 6.45) is 2.02. The van der Waals surface area contributed by atoms with Crippen LogP contribution in [0.2, 0.25) is 0 Å². The molecular formula is C8H18N4O. The van der Waals surface area contributed by atoms with Crippen LogP contribution in [0.15, 0.2) is 4.99 Å². The number of nitrogens with one attached hydrogen (secondary N) is 2. The predicted octanol–water partition coefficient (Wildman–Crippen LogP) is 0.420. The molecule has 5 heteroatoms. The molecule has 13 heavy (non-hydrogen) atoms. The van der Waals surface area contributed by atoms with Crippen LogP contribution in [0.4, 0.5) is 4.79 Å². The number of aliphatic imine (C=N–C) groups is 1. The molecule has 0 atom stereocenters. The van der Waals surface area contributed by atoms with Crippen molar-refractivity contribution in [3.05, 3.63) is 0 Å². The first-order chi connectivity index (χ1) is 6.20. The van der Waals surface area contributed by atoms with Gasteiger partial charge in [0.25, 0.3) is 0 Å². The van der Waals surface area contributed by atoms with E-state index in [0.717, 1.165) is 12.8 Å². The quantitative estimate of drug-likeness (QED) is 0.338. The van der Waals surface area contributed by atoms with Gasteiger partial charge in [-0.2, -0.15) is 0 Å². The first kappa shape index (κ1) is 11.7. The van der Waals surface area contributed by atoms with Gasteiger partial charge in [-0.25, -0.2) is 4.79 Å². The fourth-order valence-corrected chi connectivity index (χ4v) is 0.749. The fourth-order valence-electron chi connectivity index (χ4n) is 0.749. The number of nitrogens with zero attached hydrogens (tertiary/aromatic N) is 1. The van der Waals surface area contributed by atoms with Crippen LogP contribution in [0.3, 0.4) is 0 Å². The molecule has 76 valence electrons. The average Bonchev–Trinajstić information content (AvgIpc) is 2.05. The van der Waals surface area contributed by atoms with E-state index < -0.39 is 0 Å². The number of hydrogen-bond donors (Lipinski definition) is 3. The molecule has 0 aliphatic carbocycles. The summed E-state index contributed by atoms with van der Waals surface area (Å²) < 4.78 is 0. The second-order valence-corrected chi connectivity index (χ2v) is 2.59. The van der Waals surface area contributed by atoms with Crippen molar-refractivity contribution < 1.29 is 4.79 Å². The molecule has 0 bridgehead atoms. The average molecular weight is 186 g/mol. The highest BCUT2D eigenvalue weighted by Crippen LogP contribution is 1.81. The lowest BCUT2D eigenvalue weighted by Crippen LogP contribution is -2.43. The highest BCUT2D eigenvalue weighted by Gasteiger charge is 1.99. The first-order valence-corrected chi connectivity index (χ1v) is 4.55. The van der Waals surface area contributed by atoms with Crippen LogP contribution in [0.1, 0.15) is 26.7 Å². The van der Waals surface area contributed by atoms with Gasteiger partial charge in [0.2, 0.25) is 0 Å². The minimum absolute atomic E-state index is 0.163. The Balaban J connectivity index is 3.56. The lowest BCUT2D eigenvalue weighted by molar-refractivity contribution is 0.245. The first-order valence-electron chi connectivity index (χ1n) is 4.55. The van der Waals surface area contributed by atoms with Gasteiger partial charge in [-0.3, -0.25) is 10.3 Å². The number of urea groups is 1. The lowest BCUT2D eigenvalue weighted by atomic mass is 10.3. The number of unbranched alkanes of at least 4 members (excludes halogenated alkanes) is 1. The molecule has 0 aromatic carbocycles. The standard InChI is InChI=1S/C8H18N4O/c1-3-5-6-11-8(13)12-7(9)10-4-2/h3-6H2,1-2H3,(H4,9,10,11,12,13). The molecular weight excluding hydrogens is 168 g/mol. The SMILES string of the molecule is CCCCNC(=O)NC(N)=NCC. The Bertz CT molecular complexity index is 179. The Labute approximate surface area is 78.8 Å². The molecule has 0 spiro atoms. The normalized spacial score (nSPS) is 11.1. The zero-order chi connectivity index (χ0) is 10.1. The fraction of sp³-hybridized carbons (Fsp3) is 0.750. The van der Waals surface area contributed by atoms with E-state index in [1.54, 1.807) is 0 Å². The summed E-state index contributed by atoms with van der Waals surface area (Å²) >= 11 is 0. The lowest BCUT2D eigenvalue weighted by Gasteiger charge is -2.05. The third-order valence-electron chi connectivity index (χ3n) is 1.39. The van der Waals surface area contributed by atoms with Crippen molar-refractivity contribution in [1.82, 2.24) is 10.6 Å². The van der Waals surface area contributed by atoms with E-state index in [1.807, 2.05) is 6.92 Å². The maximum atomic E-state index is 11.0. The topological polar surface area (TPSA) is 79.5 Å². The van der Waals surface area contributed by atoms with Gasteiger partial charge < -0.3 is 11.1 Å². The Hall–Kier alpha value is -1.26. The van der Waals surface area contributed by atoms with Crippen molar-refractivity contribution in [1.29, 1.82) is 0 Å². The van der Waals surface area contributed by atoms with Gasteiger partial charge in [-0.15, -0.1) is 0 Å². The van der Waals surface area contributed by atoms with Crippen molar-refractivity contribution in [2.24, 2.45) is 10.7 Å². The number of guanidine groups is 1. The van der Waals surface area contributed by atoms with Gasteiger partial charge in [0, 0.05) is 13.1 Å². The van der Waals surface area contributed by atoms with Gasteiger partial charge in [0.15, 0.2) is 5.96 Å². The van der Waals surface area contributed by atoms with Crippen LogP contribution in [-0.2, 0) is 0 Å². The number of carbonyl (C=O) groups is 1. The van der Waals surface area contributed by atoms with Gasteiger partial charge >= 0.3 is 6.03 Å². The number of nitrogens with two attached hydrogens (primary N) is 1. The molecule has 0 radical (unpaired) electrons. The molecule has 0 heterocycles. The molecule has 4 N–H and O–H groups in total. The van der Waals surface area contributed by atoms with Crippen LogP contribution in [-0.4, -0.2) is 25.1 Å². The summed E-state index contributed by atoms with van der Waals surface area (Å²) in [6.45, 7) is 5.15. The highest BCUT2D eigenvalue weighted by molar-refractivity contribution is 5.95. The second kappa shape index (κ2) is 7.39. The van der Waals surface area contributed by atoms with Crippen molar-refractivity contribution in [2.75, 3.05) is 13.1 Å². The third kappa shape index (κ3) is 7.11. The molecule has 0 aromatic rings. The second-order valence-electron chi connectivity index (χ2n) is 2.59. The minimum Gasteiger partial charge on any atom is -0.370 e. The van der Waals surface area contributed by atoms with Crippen molar-refractivity contribution in [3.8, 4) is 0 Å². The molecule has 5 nitrogen and oxygen atoms in total. The number of amides is 2. The summed E-state index contributed by atoms with van der Waals surface area (Å²) in [7, 11) is 0. The molecule has 2 amide bonds. The Morgan fingerprint density at radius 3 is 2.69 bits per heavy atom. The summed E-state index contributed by atoms with van der Waals surface area (Å²) in [6, 6.07) is -0.289. The van der Waals surface area contributed by atoms with Crippen LogP contribution < -0.4 is 16.4 Å². The number of rotatable bonds is 4. The Morgan fingerprint density at radius 2 is 2.15 bits per heavy atom. The van der Waals surface area contributed by atoms with E-state index in [4.69, 9.17) is 5.73 Å². The van der Waals surface area contributed by atoms with E-state index in [9.17, 15) is 4.79 Å². The minimum atomic E-state index is -0.289. The maximum Gasteiger partial charge on any atom is 0.321 e. The summed E-state index contributed by atoms with van der Waals surface area (Å²) in [5, 5.41) is 5.08. The van der Waals surface area contributed by atoms with Crippen LogP contribution in [0.5, 0.6) is 0 Å². The zero-order valence-electron chi connectivity index (χ0n) is 8.26. The largest absolute Gasteiger partial charge is 0.370 e. The summed E-state index contributed by atoms with van der Waals surface area (Å²) in [5.41, 5.74) is 5.37. The molecule has 0 saturated carbocycles. The molecule has 0 saturated heterocycles. The van der Waals surface area contributed by atoms with Gasteiger partial charge in [0.05, 0.1) is 0 Å². The van der Waals surface area contributed by atoms with Gasteiger partial charge in [0.1, 0.15) is 0 Å². The summed E-state index contributed by atoms with van der Waals surface area (Å²) in [5.74, 6) is 0.163. The van der Waals surface area contributed by atoms with E-state index >= 15 is 0 Å². The molecule has 0 aliphatic heterocycles. The smallest absolute Gasteiger partial charge is 0.321 e. The third-order valence-corrected chi connectivity index (χ3v) is 1.39. The zero-order valence-corrected chi connectivity index (χ0v) is 8.26. The van der Waals surface area contributed by atoms with Crippen molar-refractivity contribution in [2.45, 2.75) is 26.7 Å². The Morgan fingerprint density at radius 1 is 1.46 bits per heavy atom. The van der Waals surface area contributed by atoms with Crippen LogP contribution in [0, 0.1) is 0 Å². The van der Waals surface area contributed by atoms with Crippen molar-refractivity contribution >= 4 is 12.0 Å². The summed E-state index contributed by atoms with van der Waals surface area (Å²) in [4.78, 5) is 14.8. The van der Waals surface area contributed by atoms with Crippen molar-refractivity contribution in [3.63, 3.8) is 0 Å². The monoisotopic (exact) mass is 186 g/mol. The Kier molecular flexibility index (Phi) is 6.68. The van der Waals surface area contributed by atoms with Crippen LogP contribution in [0.25, 0.3) is 0 Å². The molecule has 0 aliphatic rings. The van der Waals surface area contributed by atoms with Gasteiger partial charge in [-0.1, -0.05) is 13.3 Å². The maximum absolute atomic E-state index is 11.0. The highest BCUT2D eigenvalue weighted by atomic mass is 16.2. The molecule has 0 fully saturated rings. The van der Waals surface area contributed by atoms with E-state index in [-0.39, 0.29) is 12.0 Å².